The number of aliphatic hydroxyl groups is 1. The first kappa shape index (κ1) is 41.8. The van der Waals surface area contributed by atoms with E-state index in [1.807, 2.05) is 30.3 Å². The summed E-state index contributed by atoms with van der Waals surface area (Å²) in [7, 11) is 0. The quantitative estimate of drug-likeness (QED) is 0.0513. The van der Waals surface area contributed by atoms with Gasteiger partial charge >= 0.3 is 12.5 Å². The number of hydrogen-bond donors (Lipinski definition) is 6. The summed E-state index contributed by atoms with van der Waals surface area (Å²) >= 11 is 0. The summed E-state index contributed by atoms with van der Waals surface area (Å²) in [5.74, 6) is -0.304. The number of aromatic amines is 1. The summed E-state index contributed by atoms with van der Waals surface area (Å²) in [6.45, 7) is 1.03. The number of phenolic OH excluding ortho intramolecular Hbond substituents is 1. The van der Waals surface area contributed by atoms with E-state index < -0.39 is 30.2 Å². The molecule has 0 aliphatic heterocycles. The van der Waals surface area contributed by atoms with E-state index >= 15 is 0 Å². The van der Waals surface area contributed by atoms with E-state index in [0.717, 1.165) is 11.1 Å². The number of H-pyrrole nitrogens is 1. The van der Waals surface area contributed by atoms with Crippen LogP contribution in [0.4, 0.5) is 18.0 Å². The number of carbonyl (C=O) groups is 2. The number of alkyl halides is 3. The fourth-order valence-corrected chi connectivity index (χ4v) is 6.57. The van der Waals surface area contributed by atoms with Gasteiger partial charge in [-0.2, -0.15) is 0 Å². The van der Waals surface area contributed by atoms with Gasteiger partial charge in [-0.3, -0.25) is 9.59 Å². The minimum atomic E-state index is -4.84. The topological polar surface area (TPSA) is 173 Å². The number of nitrogens with zero attached hydrogens (tertiary/aromatic N) is 1. The highest BCUT2D eigenvalue weighted by atomic mass is 19.4. The number of ether oxygens (including phenoxy) is 2. The lowest BCUT2D eigenvalue weighted by Gasteiger charge is -2.24. The van der Waals surface area contributed by atoms with Gasteiger partial charge in [0.25, 0.3) is 5.91 Å². The lowest BCUT2D eigenvalue weighted by molar-refractivity contribution is -0.274. The molecule has 0 spiro atoms. The predicted octanol–water partition coefficient (Wildman–Crippen LogP) is 7.42. The Labute approximate surface area is 336 Å². The van der Waals surface area contributed by atoms with Gasteiger partial charge in [0.2, 0.25) is 5.56 Å². The van der Waals surface area contributed by atoms with Crippen LogP contribution in [0.15, 0.2) is 132 Å². The van der Waals surface area contributed by atoms with Crippen molar-refractivity contribution in [2.24, 2.45) is 0 Å². The van der Waals surface area contributed by atoms with Crippen molar-refractivity contribution in [1.29, 1.82) is 0 Å². The minimum Gasteiger partial charge on any atom is -0.506 e. The number of fused-ring (bicyclic) bond motifs is 1. The number of hydrogen-bond acceptors (Lipinski definition) is 8. The molecule has 306 valence electrons. The Morgan fingerprint density at radius 2 is 1.53 bits per heavy atom. The molecule has 0 saturated carbocycles. The molecule has 0 fully saturated rings. The molecule has 0 saturated heterocycles. The Kier molecular flexibility index (Phi) is 13.5. The molecule has 2 amide bonds. The third-order valence-electron chi connectivity index (χ3n) is 9.40. The number of aromatic nitrogens is 1. The van der Waals surface area contributed by atoms with Crippen LogP contribution < -0.4 is 25.7 Å². The number of aromatic hydroxyl groups is 1. The molecule has 1 aromatic heterocycles. The summed E-state index contributed by atoms with van der Waals surface area (Å²) < 4.78 is 48.3. The van der Waals surface area contributed by atoms with Crippen LogP contribution in [0.5, 0.6) is 17.2 Å². The van der Waals surface area contributed by atoms with Crippen LogP contribution in [0.25, 0.3) is 10.9 Å². The van der Waals surface area contributed by atoms with Crippen molar-refractivity contribution in [1.82, 2.24) is 20.5 Å². The third kappa shape index (κ3) is 11.6. The Morgan fingerprint density at radius 1 is 0.814 bits per heavy atom. The van der Waals surface area contributed by atoms with Crippen molar-refractivity contribution in [2.45, 2.75) is 38.1 Å². The highest BCUT2D eigenvalue weighted by Gasteiger charge is 2.31. The summed E-state index contributed by atoms with van der Waals surface area (Å²) in [5, 5.41) is 36.8. The van der Waals surface area contributed by atoms with E-state index in [-0.39, 0.29) is 49.2 Å². The predicted molar refractivity (Wildman–Crippen MR) is 213 cm³/mol. The molecule has 1 heterocycles. The molecule has 0 radical (unpaired) electrons. The van der Waals surface area contributed by atoms with Gasteiger partial charge in [0.05, 0.1) is 17.7 Å². The lowest BCUT2D eigenvalue weighted by atomic mass is 9.98. The van der Waals surface area contributed by atoms with E-state index in [2.05, 4.69) is 20.4 Å². The minimum absolute atomic E-state index is 0.0906. The van der Waals surface area contributed by atoms with E-state index in [0.29, 0.717) is 46.4 Å². The maximum absolute atomic E-state index is 13.9. The molecular formula is C44H41F3N4O8. The molecule has 1 unspecified atom stereocenters. The van der Waals surface area contributed by atoms with Crippen molar-refractivity contribution < 1.29 is 47.6 Å². The molecule has 0 aliphatic carbocycles. The summed E-state index contributed by atoms with van der Waals surface area (Å²) in [6.07, 6.45) is -6.54. The van der Waals surface area contributed by atoms with Crippen LogP contribution in [-0.4, -0.2) is 63.2 Å². The molecular weight excluding hydrogens is 769 g/mol. The summed E-state index contributed by atoms with van der Waals surface area (Å²) in [6, 6.07) is 33.6. The molecule has 0 aliphatic rings. The van der Waals surface area contributed by atoms with E-state index in [9.17, 15) is 42.9 Å². The van der Waals surface area contributed by atoms with Gasteiger partial charge in [-0.25, -0.2) is 4.79 Å². The molecule has 6 aromatic rings. The number of nitrogens with one attached hydrogen (secondary N) is 3. The average molecular weight is 811 g/mol. The van der Waals surface area contributed by atoms with E-state index in [4.69, 9.17) is 4.74 Å². The first-order chi connectivity index (χ1) is 28.3. The lowest BCUT2D eigenvalue weighted by Crippen LogP contribution is -2.33. The Morgan fingerprint density at radius 3 is 2.24 bits per heavy atom. The Hall–Kier alpha value is -6.84. The highest BCUT2D eigenvalue weighted by Crippen LogP contribution is 2.29. The van der Waals surface area contributed by atoms with Crippen LogP contribution in [0.1, 0.15) is 56.7 Å². The number of pyridine rings is 1. The monoisotopic (exact) mass is 810 g/mol. The van der Waals surface area contributed by atoms with Gasteiger partial charge in [-0.15, -0.1) is 13.2 Å². The van der Waals surface area contributed by atoms with Crippen LogP contribution in [0.2, 0.25) is 0 Å². The van der Waals surface area contributed by atoms with E-state index in [1.165, 1.54) is 42.5 Å². The second kappa shape index (κ2) is 19.1. The number of phenols is 1. The zero-order valence-electron chi connectivity index (χ0n) is 31.5. The Balaban J connectivity index is 1.09. The molecule has 6 rings (SSSR count). The van der Waals surface area contributed by atoms with Gasteiger partial charge in [0.15, 0.2) is 0 Å². The van der Waals surface area contributed by atoms with Gasteiger partial charge in [-0.1, -0.05) is 72.8 Å². The summed E-state index contributed by atoms with van der Waals surface area (Å²) in [5.41, 5.74) is 3.50. The third-order valence-corrected chi connectivity index (χ3v) is 9.40. The molecule has 0 bridgehead atoms. The van der Waals surface area contributed by atoms with Gasteiger partial charge in [0.1, 0.15) is 23.9 Å². The molecule has 6 N–H and O–H groups in total. The first-order valence-corrected chi connectivity index (χ1v) is 18.6. The van der Waals surface area contributed by atoms with Crippen LogP contribution in [0.3, 0.4) is 0 Å². The van der Waals surface area contributed by atoms with Gasteiger partial charge in [0, 0.05) is 36.7 Å². The number of aliphatic hydroxyl groups excluding tert-OH is 1. The van der Waals surface area contributed by atoms with Crippen molar-refractivity contribution in [2.75, 3.05) is 19.6 Å². The second-order valence-corrected chi connectivity index (χ2v) is 13.6. The van der Waals surface area contributed by atoms with Crippen molar-refractivity contribution in [3.05, 3.63) is 171 Å². The molecule has 5 aromatic carbocycles. The average Bonchev–Trinajstić information content (AvgIpc) is 3.22. The molecule has 15 heteroatoms. The summed E-state index contributed by atoms with van der Waals surface area (Å²) in [4.78, 5) is 41.4. The number of halogens is 3. The number of rotatable bonds is 17. The van der Waals surface area contributed by atoms with Gasteiger partial charge in [-0.05, 0) is 89.3 Å². The van der Waals surface area contributed by atoms with Crippen LogP contribution >= 0.6 is 0 Å². The Bertz CT molecular complexity index is 2410. The largest absolute Gasteiger partial charge is 0.573 e. The fraction of sp³-hybridized carbons (Fsp3) is 0.205. The molecule has 59 heavy (non-hydrogen) atoms. The normalized spacial score (nSPS) is 12.4. The smallest absolute Gasteiger partial charge is 0.506 e. The number of benzene rings is 5. The van der Waals surface area contributed by atoms with E-state index in [1.54, 1.807) is 59.5 Å². The van der Waals surface area contributed by atoms with Crippen molar-refractivity contribution in [3.63, 3.8) is 0 Å². The highest BCUT2D eigenvalue weighted by molar-refractivity contribution is 5.94. The zero-order chi connectivity index (χ0) is 41.9. The number of amides is 2. The fourth-order valence-electron chi connectivity index (χ4n) is 6.57. The molecule has 12 nitrogen and oxygen atoms in total. The zero-order valence-corrected chi connectivity index (χ0v) is 31.5. The van der Waals surface area contributed by atoms with Crippen LogP contribution in [-0.2, 0) is 13.2 Å². The van der Waals surface area contributed by atoms with Crippen LogP contribution in [0, 0.1) is 0 Å². The number of carbonyl (C=O) groups excluding carboxylic acids is 1. The standard InChI is InChI=1S/C44H41F3N4O8/c45-44(46,47)59-33-16-12-28(13-17-33)26-51(23-5-22-48-25-38(53)35-18-20-37(52)41-36(35)19-21-39(54)49-41)42(55)31-14-10-29(11-15-31)27-58-34-9-4-8-32(24-34)40(50-43(56)57)30-6-2-1-3-7-30/h1-4,6-21,24,38,40,48,50,52-53H,5,22-23,25-27H2,(H,49,54)(H,56,57)/t38?,40-/m0/s1. The second-order valence-electron chi connectivity index (χ2n) is 13.6. The molecule has 2 atom stereocenters. The maximum atomic E-state index is 13.9. The van der Waals surface area contributed by atoms with Crippen molar-refractivity contribution in [3.8, 4) is 17.2 Å². The first-order valence-electron chi connectivity index (χ1n) is 18.6. The number of carboxylic acid groups (broad SMARTS) is 1. The maximum Gasteiger partial charge on any atom is 0.573 e. The SMILES string of the molecule is O=C(O)N[C@@H](c1ccccc1)c1cccc(OCc2ccc(C(=O)N(CCCNCC(O)c3ccc(O)c4[nH]c(=O)ccc34)Cc3ccc(OC(F)(F)F)cc3)cc2)c1. The van der Waals surface area contributed by atoms with Gasteiger partial charge < -0.3 is 45.3 Å². The van der Waals surface area contributed by atoms with Crippen molar-refractivity contribution >= 4 is 22.9 Å².